The number of hydrogen-bond acceptors (Lipinski definition) is 6. The molecule has 3 aromatic rings. The van der Waals surface area contributed by atoms with E-state index in [0.717, 1.165) is 16.5 Å². The van der Waals surface area contributed by atoms with Crippen molar-refractivity contribution in [3.05, 3.63) is 93.5 Å². The smallest absolute Gasteiger partial charge is 0.345 e. The maximum atomic E-state index is 12.9. The van der Waals surface area contributed by atoms with Crippen LogP contribution in [0.4, 0.5) is 0 Å². The second-order valence-electron chi connectivity index (χ2n) is 7.86. The van der Waals surface area contributed by atoms with Crippen molar-refractivity contribution in [3.8, 4) is 5.75 Å². The van der Waals surface area contributed by atoms with Gasteiger partial charge in [0, 0.05) is 30.4 Å². The number of carbonyl (C=O) groups is 1. The quantitative estimate of drug-likeness (QED) is 0.154. The van der Waals surface area contributed by atoms with Gasteiger partial charge in [-0.3, -0.25) is 9.28 Å². The van der Waals surface area contributed by atoms with E-state index >= 15 is 0 Å². The van der Waals surface area contributed by atoms with Crippen LogP contribution in [0.15, 0.2) is 75.6 Å². The lowest BCUT2D eigenvalue weighted by Crippen LogP contribution is -2.47. The van der Waals surface area contributed by atoms with Gasteiger partial charge in [0.25, 0.3) is 0 Å². The molecule has 7 heteroatoms. The van der Waals surface area contributed by atoms with E-state index in [1.807, 2.05) is 36.4 Å². The van der Waals surface area contributed by atoms with Crippen LogP contribution < -0.4 is 15.5 Å². The van der Waals surface area contributed by atoms with Crippen LogP contribution in [0.2, 0.25) is 0 Å². The van der Waals surface area contributed by atoms with Crippen molar-refractivity contribution < 1.29 is 28.3 Å². The van der Waals surface area contributed by atoms with Crippen molar-refractivity contribution in [2.45, 2.75) is 26.4 Å². The normalized spacial score (nSPS) is 17.2. The largest absolute Gasteiger partial charge is 0.611 e. The first-order valence-electron chi connectivity index (χ1n) is 10.2. The number of esters is 1. The Hall–Kier alpha value is -3.80. The second kappa shape index (κ2) is 8.75. The van der Waals surface area contributed by atoms with Crippen LogP contribution in [0.25, 0.3) is 11.0 Å². The Bertz CT molecular complexity index is 1290. The Kier molecular flexibility index (Phi) is 5.86. The highest BCUT2D eigenvalue weighted by Crippen LogP contribution is 2.32. The number of fused-ring (bicyclic) bond motifs is 3. The summed E-state index contributed by atoms with van der Waals surface area (Å²) in [5.41, 5.74) is 5.19. The average molecular weight is 433 g/mol. The van der Waals surface area contributed by atoms with Crippen LogP contribution in [0.1, 0.15) is 23.6 Å². The highest BCUT2D eigenvalue weighted by Gasteiger charge is 2.35. The molecule has 2 heterocycles. The van der Waals surface area contributed by atoms with E-state index < -0.39 is 17.5 Å². The molecule has 0 fully saturated rings. The number of rotatable bonds is 5. The molecular formula is C25H23NO6. The van der Waals surface area contributed by atoms with Crippen LogP contribution in [-0.2, 0) is 29.0 Å². The van der Waals surface area contributed by atoms with E-state index in [-0.39, 0.29) is 0 Å². The number of ether oxygens (including phenoxy) is 2. The van der Waals surface area contributed by atoms with Crippen LogP contribution in [0, 0.1) is 0 Å². The summed E-state index contributed by atoms with van der Waals surface area (Å²) in [5, 5.41) is 12.6. The fraction of sp³-hybridized carbons (Fsp3) is 0.240. The standard InChI is InChI=1S/C25H23NO6/c1-17(27)31-19-8-9-21-20-10-12-26(13-11-24(28)30-2,15-18-6-4-3-5-7-18)16-22(20)25(29)32-23(21)14-19/h3-9,13-14H,10,12,15-16H2,1-2H3. The predicted octanol–water partition coefficient (Wildman–Crippen LogP) is 2.75. The molecule has 0 spiro atoms. The minimum Gasteiger partial charge on any atom is -0.611 e. The molecule has 7 nitrogen and oxygen atoms in total. The number of carbonyl (C=O) groups excluding carboxylic acids is 1. The van der Waals surface area contributed by atoms with Gasteiger partial charge in [0.15, 0.2) is 0 Å². The third kappa shape index (κ3) is 4.44. The summed E-state index contributed by atoms with van der Waals surface area (Å²) < 4.78 is 15.8. The molecule has 0 bridgehead atoms. The Morgan fingerprint density at radius 1 is 1.22 bits per heavy atom. The topological polar surface area (TPSA) is 88.8 Å². The molecule has 1 atom stereocenters. The Balaban J connectivity index is 1.79. The summed E-state index contributed by atoms with van der Waals surface area (Å²) in [4.78, 5) is 24.2. The van der Waals surface area contributed by atoms with Crippen molar-refractivity contribution in [2.24, 2.45) is 0 Å². The minimum atomic E-state index is -0.565. The fourth-order valence-corrected chi connectivity index (χ4v) is 4.17. The molecule has 2 aromatic carbocycles. The van der Waals surface area contributed by atoms with E-state index in [2.05, 4.69) is 5.73 Å². The zero-order chi connectivity index (χ0) is 22.7. The molecule has 4 rings (SSSR count). The molecule has 0 saturated carbocycles. The maximum absolute atomic E-state index is 12.9. The van der Waals surface area contributed by atoms with Gasteiger partial charge in [-0.15, -0.1) is 0 Å². The van der Waals surface area contributed by atoms with Crippen LogP contribution in [0.5, 0.6) is 5.75 Å². The number of nitrogens with zero attached hydrogens (tertiary/aromatic N) is 1. The Morgan fingerprint density at radius 2 is 2.00 bits per heavy atom. The van der Waals surface area contributed by atoms with Crippen molar-refractivity contribution >= 4 is 16.9 Å². The first kappa shape index (κ1) is 21.4. The summed E-state index contributed by atoms with van der Waals surface area (Å²) >= 11 is 0. The highest BCUT2D eigenvalue weighted by atomic mass is 16.6. The van der Waals surface area contributed by atoms with Crippen molar-refractivity contribution in [2.75, 3.05) is 13.7 Å². The summed E-state index contributed by atoms with van der Waals surface area (Å²) in [5.74, 6) is -0.681. The highest BCUT2D eigenvalue weighted by molar-refractivity contribution is 5.83. The van der Waals surface area contributed by atoms with E-state index in [4.69, 9.17) is 13.9 Å². The van der Waals surface area contributed by atoms with Gasteiger partial charge < -0.3 is 19.0 Å². The minimum absolute atomic E-state index is 0.328. The molecule has 0 saturated heterocycles. The van der Waals surface area contributed by atoms with Gasteiger partial charge in [0.2, 0.25) is 0 Å². The van der Waals surface area contributed by atoms with E-state index in [9.17, 15) is 14.7 Å². The Morgan fingerprint density at radius 3 is 2.72 bits per heavy atom. The van der Waals surface area contributed by atoms with Gasteiger partial charge in [-0.25, -0.2) is 4.79 Å². The molecule has 164 valence electrons. The van der Waals surface area contributed by atoms with Crippen molar-refractivity contribution in [1.82, 2.24) is 0 Å². The van der Waals surface area contributed by atoms with Crippen LogP contribution >= 0.6 is 0 Å². The SMILES string of the molecule is COC([O-])=C=C[N+]1(Cc2ccccc2)CCc2c(c(=O)oc3cc(OC(C)=O)ccc23)C1. The molecule has 1 unspecified atom stereocenters. The van der Waals surface area contributed by atoms with E-state index in [1.165, 1.54) is 14.0 Å². The molecule has 1 aliphatic rings. The van der Waals surface area contributed by atoms with Crippen LogP contribution in [-0.4, -0.2) is 24.1 Å². The van der Waals surface area contributed by atoms with E-state index in [0.29, 0.717) is 47.4 Å². The van der Waals surface area contributed by atoms with Gasteiger partial charge in [-0.2, -0.15) is 0 Å². The number of methoxy groups -OCH3 is 1. The summed E-state index contributed by atoms with van der Waals surface area (Å²) in [6.45, 7) is 2.93. The molecule has 0 amide bonds. The first-order chi connectivity index (χ1) is 15.4. The third-order valence-electron chi connectivity index (χ3n) is 5.62. The lowest BCUT2D eigenvalue weighted by molar-refractivity contribution is -0.908. The van der Waals surface area contributed by atoms with Crippen LogP contribution in [0.3, 0.4) is 0 Å². The maximum Gasteiger partial charge on any atom is 0.345 e. The lowest BCUT2D eigenvalue weighted by Gasteiger charge is -2.38. The third-order valence-corrected chi connectivity index (χ3v) is 5.62. The molecule has 0 N–H and O–H groups in total. The van der Waals surface area contributed by atoms with Crippen molar-refractivity contribution in [1.29, 1.82) is 0 Å². The Labute approximate surface area is 185 Å². The predicted molar refractivity (Wildman–Crippen MR) is 115 cm³/mol. The molecular weight excluding hydrogens is 410 g/mol. The second-order valence-corrected chi connectivity index (χ2v) is 7.86. The van der Waals surface area contributed by atoms with Gasteiger partial charge in [-0.1, -0.05) is 30.3 Å². The number of hydrogen-bond donors (Lipinski definition) is 0. The van der Waals surface area contributed by atoms with E-state index in [1.54, 1.807) is 18.3 Å². The zero-order valence-electron chi connectivity index (χ0n) is 17.9. The number of benzene rings is 2. The zero-order valence-corrected chi connectivity index (χ0v) is 17.9. The van der Waals surface area contributed by atoms with Gasteiger partial charge in [0.1, 0.15) is 36.6 Å². The fourth-order valence-electron chi connectivity index (χ4n) is 4.17. The number of quaternary nitrogens is 1. The lowest BCUT2D eigenvalue weighted by atomic mass is 9.95. The molecule has 0 aliphatic carbocycles. The summed E-state index contributed by atoms with van der Waals surface area (Å²) in [6, 6.07) is 14.9. The van der Waals surface area contributed by atoms with Gasteiger partial charge in [-0.05, 0) is 30.5 Å². The van der Waals surface area contributed by atoms with Gasteiger partial charge in [0.05, 0.1) is 12.1 Å². The van der Waals surface area contributed by atoms with Gasteiger partial charge >= 0.3 is 11.6 Å². The monoisotopic (exact) mass is 433 g/mol. The molecule has 1 aliphatic heterocycles. The summed E-state index contributed by atoms with van der Waals surface area (Å²) in [7, 11) is 1.31. The van der Waals surface area contributed by atoms with Crippen molar-refractivity contribution in [3.63, 3.8) is 0 Å². The molecule has 1 aromatic heterocycles. The molecule has 0 radical (unpaired) electrons. The molecule has 32 heavy (non-hydrogen) atoms. The first-order valence-corrected chi connectivity index (χ1v) is 10.2. The summed E-state index contributed by atoms with van der Waals surface area (Å²) in [6.07, 6.45) is 2.30. The average Bonchev–Trinajstić information content (AvgIpc) is 2.78.